The van der Waals surface area contributed by atoms with Gasteiger partial charge in [0.25, 0.3) is 0 Å². The number of benzene rings is 2. The molecular formula is C22H21ClN4O2. The number of carbonyl (C=O) groups is 2. The van der Waals surface area contributed by atoms with Crippen LogP contribution in [0.25, 0.3) is 0 Å². The number of anilines is 2. The van der Waals surface area contributed by atoms with Crippen molar-refractivity contribution in [2.45, 2.75) is 19.9 Å². The van der Waals surface area contributed by atoms with Crippen molar-refractivity contribution < 1.29 is 9.59 Å². The number of halogens is 1. The van der Waals surface area contributed by atoms with Crippen LogP contribution in [0.4, 0.5) is 11.5 Å². The van der Waals surface area contributed by atoms with Gasteiger partial charge in [-0.3, -0.25) is 9.59 Å². The van der Waals surface area contributed by atoms with E-state index in [9.17, 15) is 9.59 Å². The van der Waals surface area contributed by atoms with Crippen molar-refractivity contribution in [1.82, 2.24) is 9.78 Å². The van der Waals surface area contributed by atoms with Gasteiger partial charge < -0.3 is 10.2 Å². The molecule has 1 saturated heterocycles. The van der Waals surface area contributed by atoms with Crippen LogP contribution in [0.15, 0.2) is 60.8 Å². The highest BCUT2D eigenvalue weighted by molar-refractivity contribution is 6.30. The number of nitrogens with zero attached hydrogens (tertiary/aromatic N) is 3. The number of carbonyl (C=O) groups excluding carboxylic acids is 2. The number of amides is 2. The number of aryl methyl sites for hydroxylation is 1. The summed E-state index contributed by atoms with van der Waals surface area (Å²) in [7, 11) is 0. The third-order valence-electron chi connectivity index (χ3n) is 5.05. The summed E-state index contributed by atoms with van der Waals surface area (Å²) in [5.74, 6) is -0.0108. The Morgan fingerprint density at radius 2 is 1.86 bits per heavy atom. The Bertz CT molecular complexity index is 1030. The smallest absolute Gasteiger partial charge is 0.230 e. The van der Waals surface area contributed by atoms with E-state index < -0.39 is 5.92 Å². The molecule has 1 fully saturated rings. The fourth-order valence-electron chi connectivity index (χ4n) is 3.41. The van der Waals surface area contributed by atoms with Gasteiger partial charge in [0.05, 0.1) is 18.7 Å². The van der Waals surface area contributed by atoms with E-state index in [1.165, 1.54) is 0 Å². The van der Waals surface area contributed by atoms with Crippen LogP contribution in [0.2, 0.25) is 5.02 Å². The molecule has 1 aromatic heterocycles. The Morgan fingerprint density at radius 3 is 2.59 bits per heavy atom. The fraction of sp³-hybridized carbons (Fsp3) is 0.227. The maximum absolute atomic E-state index is 12.8. The zero-order valence-electron chi connectivity index (χ0n) is 16.0. The molecule has 1 atom stereocenters. The van der Waals surface area contributed by atoms with E-state index in [-0.39, 0.29) is 18.2 Å². The molecule has 29 heavy (non-hydrogen) atoms. The van der Waals surface area contributed by atoms with Gasteiger partial charge in [-0.25, -0.2) is 4.68 Å². The second-order valence-electron chi connectivity index (χ2n) is 7.23. The van der Waals surface area contributed by atoms with E-state index >= 15 is 0 Å². The molecule has 4 rings (SSSR count). The molecule has 1 aliphatic heterocycles. The molecule has 148 valence electrons. The van der Waals surface area contributed by atoms with Gasteiger partial charge in [-0.1, -0.05) is 41.4 Å². The Morgan fingerprint density at radius 1 is 1.14 bits per heavy atom. The van der Waals surface area contributed by atoms with Crippen LogP contribution in [0, 0.1) is 12.8 Å². The summed E-state index contributed by atoms with van der Waals surface area (Å²) in [6.45, 7) is 2.89. The molecule has 0 bridgehead atoms. The van der Waals surface area contributed by atoms with Crippen LogP contribution in [-0.2, 0) is 16.1 Å². The maximum Gasteiger partial charge on any atom is 0.230 e. The van der Waals surface area contributed by atoms with Gasteiger partial charge in [0.1, 0.15) is 5.82 Å². The van der Waals surface area contributed by atoms with E-state index in [1.54, 1.807) is 21.8 Å². The monoisotopic (exact) mass is 408 g/mol. The number of rotatable bonds is 5. The fourth-order valence-corrected chi connectivity index (χ4v) is 3.54. The van der Waals surface area contributed by atoms with Crippen molar-refractivity contribution in [3.63, 3.8) is 0 Å². The van der Waals surface area contributed by atoms with Gasteiger partial charge >= 0.3 is 0 Å². The first-order valence-corrected chi connectivity index (χ1v) is 9.81. The van der Waals surface area contributed by atoms with Gasteiger partial charge in [0, 0.05) is 29.7 Å². The van der Waals surface area contributed by atoms with E-state index in [4.69, 9.17) is 11.6 Å². The lowest BCUT2D eigenvalue weighted by Crippen LogP contribution is -2.28. The zero-order valence-corrected chi connectivity index (χ0v) is 16.8. The van der Waals surface area contributed by atoms with E-state index in [1.807, 2.05) is 55.5 Å². The predicted molar refractivity (Wildman–Crippen MR) is 113 cm³/mol. The second kappa shape index (κ2) is 8.09. The highest BCUT2D eigenvalue weighted by Crippen LogP contribution is 2.26. The van der Waals surface area contributed by atoms with Gasteiger partial charge in [0.2, 0.25) is 11.8 Å². The van der Waals surface area contributed by atoms with Crippen LogP contribution in [0.5, 0.6) is 0 Å². The average Bonchev–Trinajstić information content (AvgIpc) is 3.31. The molecule has 7 heteroatoms. The Hall–Kier alpha value is -3.12. The molecule has 3 aromatic rings. The van der Waals surface area contributed by atoms with E-state index in [0.29, 0.717) is 23.9 Å². The molecule has 0 spiro atoms. The van der Waals surface area contributed by atoms with Crippen LogP contribution in [-0.4, -0.2) is 28.1 Å². The van der Waals surface area contributed by atoms with Gasteiger partial charge in [0.15, 0.2) is 0 Å². The van der Waals surface area contributed by atoms with Crippen molar-refractivity contribution in [3.05, 3.63) is 76.9 Å². The van der Waals surface area contributed by atoms with Crippen LogP contribution < -0.4 is 10.2 Å². The average molecular weight is 409 g/mol. The number of hydrogen-bond acceptors (Lipinski definition) is 3. The van der Waals surface area contributed by atoms with Crippen molar-refractivity contribution in [2.24, 2.45) is 5.92 Å². The molecular weight excluding hydrogens is 388 g/mol. The SMILES string of the molecule is Cc1ccc(N2C[C@H](C(=O)Nc3ccnn3Cc3ccc(Cl)cc3)CC2=O)cc1. The Labute approximate surface area is 174 Å². The number of hydrogen-bond donors (Lipinski definition) is 1. The zero-order chi connectivity index (χ0) is 20.4. The van der Waals surface area contributed by atoms with Crippen LogP contribution in [0.3, 0.4) is 0 Å². The van der Waals surface area contributed by atoms with Crippen molar-refractivity contribution in [3.8, 4) is 0 Å². The first kappa shape index (κ1) is 19.2. The second-order valence-corrected chi connectivity index (χ2v) is 7.67. The van der Waals surface area contributed by atoms with E-state index in [0.717, 1.165) is 16.8 Å². The molecule has 6 nitrogen and oxygen atoms in total. The molecule has 2 amide bonds. The van der Waals surface area contributed by atoms with Crippen molar-refractivity contribution >= 4 is 34.9 Å². The molecule has 2 aromatic carbocycles. The standard InChI is InChI=1S/C22H21ClN4O2/c1-15-2-8-19(9-3-15)26-14-17(12-21(26)28)22(29)25-20-10-11-24-27(20)13-16-4-6-18(23)7-5-16/h2-11,17H,12-14H2,1H3,(H,25,29)/t17-/m1/s1. The topological polar surface area (TPSA) is 67.2 Å². The largest absolute Gasteiger partial charge is 0.312 e. The highest BCUT2D eigenvalue weighted by atomic mass is 35.5. The molecule has 2 heterocycles. The highest BCUT2D eigenvalue weighted by Gasteiger charge is 2.35. The number of nitrogens with one attached hydrogen (secondary N) is 1. The number of aromatic nitrogens is 2. The van der Waals surface area contributed by atoms with Crippen LogP contribution in [0.1, 0.15) is 17.5 Å². The lowest BCUT2D eigenvalue weighted by atomic mass is 10.1. The minimum Gasteiger partial charge on any atom is -0.312 e. The molecule has 0 radical (unpaired) electrons. The van der Waals surface area contributed by atoms with Gasteiger partial charge in [-0.15, -0.1) is 0 Å². The van der Waals surface area contributed by atoms with E-state index in [2.05, 4.69) is 10.4 Å². The quantitative estimate of drug-likeness (QED) is 0.696. The normalized spacial score (nSPS) is 16.3. The predicted octanol–water partition coefficient (Wildman–Crippen LogP) is 3.88. The van der Waals surface area contributed by atoms with Gasteiger partial charge in [-0.2, -0.15) is 5.10 Å². The molecule has 0 saturated carbocycles. The summed E-state index contributed by atoms with van der Waals surface area (Å²) in [5, 5.41) is 7.89. The van der Waals surface area contributed by atoms with Gasteiger partial charge in [-0.05, 0) is 36.8 Å². The molecule has 1 aliphatic rings. The minimum absolute atomic E-state index is 0.0383. The van der Waals surface area contributed by atoms with Crippen LogP contribution >= 0.6 is 11.6 Å². The first-order valence-electron chi connectivity index (χ1n) is 9.44. The Balaban J connectivity index is 1.42. The third kappa shape index (κ3) is 4.32. The summed E-state index contributed by atoms with van der Waals surface area (Å²) in [6, 6.07) is 17.0. The summed E-state index contributed by atoms with van der Waals surface area (Å²) in [4.78, 5) is 26.9. The lowest BCUT2D eigenvalue weighted by Gasteiger charge is -2.17. The Kier molecular flexibility index (Phi) is 5.36. The first-order chi connectivity index (χ1) is 14.0. The molecule has 0 unspecified atom stereocenters. The maximum atomic E-state index is 12.8. The molecule has 0 aliphatic carbocycles. The molecule has 1 N–H and O–H groups in total. The summed E-state index contributed by atoms with van der Waals surface area (Å²) < 4.78 is 1.72. The lowest BCUT2D eigenvalue weighted by molar-refractivity contribution is -0.122. The minimum atomic E-state index is -0.400. The summed E-state index contributed by atoms with van der Waals surface area (Å²) in [5.41, 5.74) is 2.97. The van der Waals surface area contributed by atoms with Crippen molar-refractivity contribution in [1.29, 1.82) is 0 Å². The summed E-state index contributed by atoms with van der Waals surface area (Å²) in [6.07, 6.45) is 1.84. The summed E-state index contributed by atoms with van der Waals surface area (Å²) >= 11 is 5.93. The third-order valence-corrected chi connectivity index (χ3v) is 5.31. The van der Waals surface area contributed by atoms with Crippen molar-refractivity contribution in [2.75, 3.05) is 16.8 Å².